The van der Waals surface area contributed by atoms with Crippen molar-refractivity contribution in [3.8, 4) is 0 Å². The summed E-state index contributed by atoms with van der Waals surface area (Å²) in [5, 5.41) is 16.8. The number of sulfonamides is 1. The number of amides is 4. The second-order valence-corrected chi connectivity index (χ2v) is 20.1. The number of aromatic nitrogens is 3. The van der Waals surface area contributed by atoms with Crippen LogP contribution in [0.15, 0.2) is 35.3 Å². The van der Waals surface area contributed by atoms with Crippen molar-refractivity contribution in [3.63, 3.8) is 0 Å². The second kappa shape index (κ2) is 16.1. The molecule has 1 aromatic carbocycles. The smallest absolute Gasteiger partial charge is 0.262 e. The van der Waals surface area contributed by atoms with E-state index in [0.29, 0.717) is 101 Å². The SMILES string of the molecule is C[C@@]1(O)CCC[C@H]1n1c(=O)ccc2cnc(NC3CCN(S(=O)(=O)C4CCN(CC5CCN(c6cc7c(cc6F)C(=O)N(C6CCC(=O)NC6=O)C7=O)CC5)CC4)CC3)nc21. The summed E-state index contributed by atoms with van der Waals surface area (Å²) in [5.74, 6) is -2.51. The molecule has 3 aromatic rings. The summed E-state index contributed by atoms with van der Waals surface area (Å²) in [4.78, 5) is 77.8. The Hall–Kier alpha value is -4.85. The molecular formula is C42H52FN9O8S. The number of benzene rings is 1. The minimum absolute atomic E-state index is 0.000340. The number of hydrogen-bond acceptors (Lipinski definition) is 13. The monoisotopic (exact) mass is 861 g/mol. The van der Waals surface area contributed by atoms with Gasteiger partial charge in [-0.1, -0.05) is 0 Å². The maximum atomic E-state index is 15.5. The summed E-state index contributed by atoms with van der Waals surface area (Å²) in [6.07, 6.45) is 7.62. The van der Waals surface area contributed by atoms with E-state index in [9.17, 15) is 37.5 Å². The maximum Gasteiger partial charge on any atom is 0.262 e. The van der Waals surface area contributed by atoms with Crippen molar-refractivity contribution in [3.05, 3.63) is 57.8 Å². The van der Waals surface area contributed by atoms with Gasteiger partial charge >= 0.3 is 0 Å². The van der Waals surface area contributed by atoms with E-state index in [4.69, 9.17) is 4.98 Å². The fourth-order valence-corrected chi connectivity index (χ4v) is 12.4. The quantitative estimate of drug-likeness (QED) is 0.265. The highest BCUT2D eigenvalue weighted by Crippen LogP contribution is 2.40. The molecule has 2 aromatic heterocycles. The van der Waals surface area contributed by atoms with E-state index >= 15 is 4.39 Å². The zero-order valence-corrected chi connectivity index (χ0v) is 35.0. The highest BCUT2D eigenvalue weighted by Gasteiger charge is 2.46. The molecular weight excluding hydrogens is 810 g/mol. The van der Waals surface area contributed by atoms with Crippen LogP contribution < -0.4 is 21.1 Å². The molecule has 61 heavy (non-hydrogen) atoms. The van der Waals surface area contributed by atoms with Crippen molar-refractivity contribution >= 4 is 56.3 Å². The van der Waals surface area contributed by atoms with Gasteiger partial charge < -0.3 is 20.2 Å². The van der Waals surface area contributed by atoms with Crippen molar-refractivity contribution in [1.29, 1.82) is 0 Å². The van der Waals surface area contributed by atoms with Gasteiger partial charge in [-0.05, 0) is 108 Å². The van der Waals surface area contributed by atoms with Gasteiger partial charge in [0.15, 0.2) is 0 Å². The average molecular weight is 862 g/mol. The first-order valence-corrected chi connectivity index (χ1v) is 23.1. The number of fused-ring (bicyclic) bond motifs is 2. The molecule has 4 amide bonds. The molecule has 1 saturated carbocycles. The molecule has 0 radical (unpaired) electrons. The van der Waals surface area contributed by atoms with Crippen LogP contribution in [0.2, 0.25) is 0 Å². The molecule has 6 aliphatic rings. The Labute approximate surface area is 352 Å². The summed E-state index contributed by atoms with van der Waals surface area (Å²) in [6.45, 7) is 5.78. The van der Waals surface area contributed by atoms with Gasteiger partial charge in [0.1, 0.15) is 17.5 Å². The Morgan fingerprint density at radius 3 is 2.28 bits per heavy atom. The van der Waals surface area contributed by atoms with Crippen molar-refractivity contribution in [2.45, 2.75) is 107 Å². The fraction of sp³-hybridized carbons (Fsp3) is 0.595. The molecule has 1 unspecified atom stereocenters. The molecule has 3 atom stereocenters. The standard InChI is InChI=1S/C42H52FN9O8S/c1-42(58)14-2-3-34(42)52-36(54)7-4-26-23-44-41(47-37(26)52)45-27-10-19-50(20-11-27)61(59,60)28-12-15-48(16-13-28)24-25-8-17-49(18-9-25)33-22-30-29(21-31(33)43)39(56)51(40(30)57)32-5-6-35(53)46-38(32)55/h4,7,21-23,25,27-28,32,34,58H,2-3,5-6,8-20,24H2,1H3,(H,44,45,47)(H,46,53,55)/t32?,34-,42-/m1/s1. The molecule has 5 fully saturated rings. The van der Waals surface area contributed by atoms with E-state index in [-0.39, 0.29) is 47.3 Å². The number of halogens is 1. The first-order chi connectivity index (χ1) is 29.2. The highest BCUT2D eigenvalue weighted by atomic mass is 32.2. The number of hydrogen-bond donors (Lipinski definition) is 3. The number of carbonyl (C=O) groups is 4. The zero-order chi connectivity index (χ0) is 42.8. The number of pyridine rings is 1. The lowest BCUT2D eigenvalue weighted by Crippen LogP contribution is -2.54. The van der Waals surface area contributed by atoms with Gasteiger partial charge in [0.05, 0.1) is 33.7 Å². The predicted molar refractivity (Wildman–Crippen MR) is 222 cm³/mol. The van der Waals surface area contributed by atoms with Crippen LogP contribution in [-0.4, -0.2) is 135 Å². The minimum Gasteiger partial charge on any atom is -0.388 e. The highest BCUT2D eigenvalue weighted by molar-refractivity contribution is 7.89. The predicted octanol–water partition coefficient (Wildman–Crippen LogP) is 2.39. The van der Waals surface area contributed by atoms with E-state index in [1.807, 2.05) is 4.90 Å². The Balaban J connectivity index is 0.745. The molecule has 17 nitrogen and oxygen atoms in total. The summed E-state index contributed by atoms with van der Waals surface area (Å²) >= 11 is 0. The van der Waals surface area contributed by atoms with Crippen molar-refractivity contribution in [1.82, 2.24) is 34.0 Å². The summed E-state index contributed by atoms with van der Waals surface area (Å²) in [6, 6.07) is 4.12. The molecule has 4 saturated heterocycles. The lowest BCUT2D eigenvalue weighted by Gasteiger charge is -2.40. The van der Waals surface area contributed by atoms with Crippen molar-refractivity contribution < 1.29 is 37.1 Å². The lowest BCUT2D eigenvalue weighted by molar-refractivity contribution is -0.136. The van der Waals surface area contributed by atoms with Crippen molar-refractivity contribution in [2.24, 2.45) is 5.92 Å². The van der Waals surface area contributed by atoms with E-state index in [1.54, 1.807) is 28.1 Å². The van der Waals surface area contributed by atoms with Gasteiger partial charge in [-0.15, -0.1) is 0 Å². The molecule has 7 heterocycles. The van der Waals surface area contributed by atoms with Crippen LogP contribution in [-0.2, 0) is 19.6 Å². The number of imide groups is 2. The number of likely N-dealkylation sites (tertiary alicyclic amines) is 1. The number of aliphatic hydroxyl groups is 1. The number of carbonyl (C=O) groups excluding carboxylic acids is 4. The van der Waals surface area contributed by atoms with Gasteiger partial charge in [0.2, 0.25) is 27.8 Å². The third kappa shape index (κ3) is 7.82. The molecule has 3 N–H and O–H groups in total. The third-order valence-corrected chi connectivity index (χ3v) is 16.3. The number of nitrogens with one attached hydrogen (secondary N) is 2. The van der Waals surface area contributed by atoms with Crippen LogP contribution >= 0.6 is 0 Å². The lowest BCUT2D eigenvalue weighted by atomic mass is 9.94. The Morgan fingerprint density at radius 1 is 0.902 bits per heavy atom. The topological polar surface area (TPSA) is 207 Å². The van der Waals surface area contributed by atoms with Gasteiger partial charge in [-0.3, -0.25) is 38.8 Å². The summed E-state index contributed by atoms with van der Waals surface area (Å²) in [5.41, 5.74) is -0.559. The Morgan fingerprint density at radius 2 is 1.61 bits per heavy atom. The number of piperidine rings is 4. The largest absolute Gasteiger partial charge is 0.388 e. The maximum absolute atomic E-state index is 15.5. The Kier molecular flexibility index (Phi) is 11.0. The van der Waals surface area contributed by atoms with Crippen LogP contribution in [0.5, 0.6) is 0 Å². The second-order valence-electron chi connectivity index (χ2n) is 17.9. The van der Waals surface area contributed by atoms with Gasteiger partial charge in [0, 0.05) is 62.8 Å². The molecule has 0 spiro atoms. The summed E-state index contributed by atoms with van der Waals surface area (Å²) in [7, 11) is -3.50. The van der Waals surface area contributed by atoms with Gasteiger partial charge in [-0.25, -0.2) is 22.1 Å². The fourth-order valence-electron chi connectivity index (χ4n) is 10.4. The Bertz CT molecular complexity index is 2440. The van der Waals surface area contributed by atoms with E-state index in [2.05, 4.69) is 20.5 Å². The van der Waals surface area contributed by atoms with Crippen molar-refractivity contribution in [2.75, 3.05) is 56.0 Å². The first kappa shape index (κ1) is 41.5. The van der Waals surface area contributed by atoms with Crippen LogP contribution in [0, 0.1) is 11.7 Å². The van der Waals surface area contributed by atoms with E-state index in [1.165, 1.54) is 12.1 Å². The molecule has 19 heteroatoms. The average Bonchev–Trinajstić information content (AvgIpc) is 3.71. The number of nitrogens with zero attached hydrogens (tertiary/aromatic N) is 7. The molecule has 0 bridgehead atoms. The van der Waals surface area contributed by atoms with Crippen LogP contribution in [0.25, 0.3) is 11.0 Å². The summed E-state index contributed by atoms with van der Waals surface area (Å²) < 4.78 is 46.3. The zero-order valence-electron chi connectivity index (χ0n) is 34.2. The van der Waals surface area contributed by atoms with E-state index in [0.717, 1.165) is 36.8 Å². The molecule has 5 aliphatic heterocycles. The van der Waals surface area contributed by atoms with E-state index < -0.39 is 56.4 Å². The molecule has 9 rings (SSSR count). The number of rotatable bonds is 9. The number of anilines is 2. The van der Waals surface area contributed by atoms with Gasteiger partial charge in [0.25, 0.3) is 17.4 Å². The minimum atomic E-state index is -3.50. The molecule has 326 valence electrons. The third-order valence-electron chi connectivity index (χ3n) is 13.9. The van der Waals surface area contributed by atoms with Crippen LogP contribution in [0.4, 0.5) is 16.0 Å². The van der Waals surface area contributed by atoms with Crippen LogP contribution in [0.3, 0.4) is 0 Å². The first-order valence-electron chi connectivity index (χ1n) is 21.6. The molecule has 1 aliphatic carbocycles. The van der Waals surface area contributed by atoms with Crippen LogP contribution in [0.1, 0.15) is 104 Å². The normalized spacial score (nSPS) is 26.7. The van der Waals surface area contributed by atoms with Gasteiger partial charge in [-0.2, -0.15) is 4.98 Å².